The van der Waals surface area contributed by atoms with Crippen molar-refractivity contribution in [2.24, 2.45) is 0 Å². The van der Waals surface area contributed by atoms with Gasteiger partial charge in [-0.1, -0.05) is 60.8 Å². The third kappa shape index (κ3) is 8.08. The van der Waals surface area contributed by atoms with Crippen LogP contribution in [0.1, 0.15) is 32.3 Å². The van der Waals surface area contributed by atoms with Crippen molar-refractivity contribution in [3.8, 4) is 11.5 Å². The Balaban J connectivity index is 2.09. The summed E-state index contributed by atoms with van der Waals surface area (Å²) < 4.78 is 39.8. The highest BCUT2D eigenvalue weighted by Crippen LogP contribution is 2.36. The van der Waals surface area contributed by atoms with Crippen LogP contribution in [0.2, 0.25) is 10.0 Å². The van der Waals surface area contributed by atoms with E-state index in [0.29, 0.717) is 22.9 Å². The molecule has 1 atom stereocenters. The zero-order valence-corrected chi connectivity index (χ0v) is 26.3. The van der Waals surface area contributed by atoms with Gasteiger partial charge in [0, 0.05) is 19.2 Å². The number of amides is 2. The Hall–Kier alpha value is -3.47. The van der Waals surface area contributed by atoms with E-state index in [1.807, 2.05) is 6.92 Å². The Morgan fingerprint density at radius 2 is 1.67 bits per heavy atom. The van der Waals surface area contributed by atoms with Gasteiger partial charge in [-0.25, -0.2) is 8.42 Å². The standard InChI is InChI=1S/C30H35Cl2N3O6S/c1-5-6-16-33-30(37)21(2)34(19-22-12-14-25(31)26(32)17-22)29(36)20-35(42(38,39)24-10-8-7-9-11-24)27-18-23(40-3)13-15-28(27)41-4/h7-15,17-18,21H,5-6,16,19-20H2,1-4H3,(H,33,37)/t21-/m0/s1. The van der Waals surface area contributed by atoms with Crippen molar-refractivity contribution in [1.82, 2.24) is 10.2 Å². The highest BCUT2D eigenvalue weighted by molar-refractivity contribution is 7.92. The summed E-state index contributed by atoms with van der Waals surface area (Å²) in [5, 5.41) is 3.48. The minimum atomic E-state index is -4.28. The van der Waals surface area contributed by atoms with Gasteiger partial charge in [0.25, 0.3) is 10.0 Å². The molecule has 0 aliphatic rings. The van der Waals surface area contributed by atoms with Gasteiger partial charge in [-0.2, -0.15) is 0 Å². The third-order valence-corrected chi connectivity index (χ3v) is 9.11. The van der Waals surface area contributed by atoms with Crippen molar-refractivity contribution in [3.63, 3.8) is 0 Å². The topological polar surface area (TPSA) is 105 Å². The van der Waals surface area contributed by atoms with E-state index < -0.39 is 28.5 Å². The van der Waals surface area contributed by atoms with Crippen LogP contribution in [-0.4, -0.2) is 58.5 Å². The highest BCUT2D eigenvalue weighted by Gasteiger charge is 2.34. The number of hydrogen-bond acceptors (Lipinski definition) is 6. The molecular weight excluding hydrogens is 601 g/mol. The predicted molar refractivity (Wildman–Crippen MR) is 165 cm³/mol. The summed E-state index contributed by atoms with van der Waals surface area (Å²) >= 11 is 12.3. The molecule has 0 aromatic heterocycles. The number of carbonyl (C=O) groups is 2. The number of nitrogens with zero attached hydrogens (tertiary/aromatic N) is 2. The van der Waals surface area contributed by atoms with Crippen LogP contribution in [0, 0.1) is 0 Å². The Labute approximate surface area is 257 Å². The van der Waals surface area contributed by atoms with Crippen molar-refractivity contribution >= 4 is 50.7 Å². The van der Waals surface area contributed by atoms with E-state index in [0.717, 1.165) is 17.1 Å². The largest absolute Gasteiger partial charge is 0.497 e. The monoisotopic (exact) mass is 635 g/mol. The maximum Gasteiger partial charge on any atom is 0.264 e. The van der Waals surface area contributed by atoms with Gasteiger partial charge >= 0.3 is 0 Å². The Kier molecular flexibility index (Phi) is 11.9. The molecule has 12 heteroatoms. The normalized spacial score (nSPS) is 11.9. The summed E-state index contributed by atoms with van der Waals surface area (Å²) in [4.78, 5) is 28.5. The highest BCUT2D eigenvalue weighted by atomic mass is 35.5. The van der Waals surface area contributed by atoms with Crippen molar-refractivity contribution in [3.05, 3.63) is 82.3 Å². The van der Waals surface area contributed by atoms with Crippen LogP contribution in [0.5, 0.6) is 11.5 Å². The van der Waals surface area contributed by atoms with Crippen LogP contribution < -0.4 is 19.1 Å². The Morgan fingerprint density at radius 3 is 2.29 bits per heavy atom. The van der Waals surface area contributed by atoms with Crippen LogP contribution in [0.3, 0.4) is 0 Å². The number of benzene rings is 3. The molecule has 42 heavy (non-hydrogen) atoms. The molecule has 0 spiro atoms. The first-order valence-electron chi connectivity index (χ1n) is 13.3. The fourth-order valence-electron chi connectivity index (χ4n) is 4.18. The maximum absolute atomic E-state index is 14.1. The Morgan fingerprint density at radius 1 is 0.952 bits per heavy atom. The van der Waals surface area contributed by atoms with E-state index in [1.165, 1.54) is 37.3 Å². The Bertz CT molecular complexity index is 1490. The number of nitrogens with one attached hydrogen (secondary N) is 1. The van der Waals surface area contributed by atoms with E-state index in [-0.39, 0.29) is 33.8 Å². The van der Waals surface area contributed by atoms with E-state index in [4.69, 9.17) is 32.7 Å². The minimum absolute atomic E-state index is 0.0213. The summed E-state index contributed by atoms with van der Waals surface area (Å²) in [5.41, 5.74) is 0.714. The molecule has 0 unspecified atom stereocenters. The lowest BCUT2D eigenvalue weighted by Gasteiger charge is -2.32. The van der Waals surface area contributed by atoms with Crippen LogP contribution in [-0.2, 0) is 26.2 Å². The first kappa shape index (κ1) is 33.0. The van der Waals surface area contributed by atoms with Crippen molar-refractivity contribution in [2.45, 2.75) is 44.2 Å². The quantitative estimate of drug-likeness (QED) is 0.233. The second-order valence-electron chi connectivity index (χ2n) is 9.45. The van der Waals surface area contributed by atoms with Crippen LogP contribution in [0.25, 0.3) is 0 Å². The lowest BCUT2D eigenvalue weighted by atomic mass is 10.1. The first-order chi connectivity index (χ1) is 20.0. The summed E-state index contributed by atoms with van der Waals surface area (Å²) in [7, 11) is -1.43. The number of anilines is 1. The van der Waals surface area contributed by atoms with Gasteiger partial charge in [-0.3, -0.25) is 13.9 Å². The number of rotatable bonds is 14. The number of methoxy groups -OCH3 is 2. The lowest BCUT2D eigenvalue weighted by Crippen LogP contribution is -2.51. The molecule has 0 bridgehead atoms. The minimum Gasteiger partial charge on any atom is -0.497 e. The summed E-state index contributed by atoms with van der Waals surface area (Å²) in [6.45, 7) is 3.40. The molecule has 0 saturated heterocycles. The van der Waals surface area contributed by atoms with E-state index in [2.05, 4.69) is 5.32 Å². The first-order valence-corrected chi connectivity index (χ1v) is 15.5. The van der Waals surface area contributed by atoms with Crippen molar-refractivity contribution in [1.29, 1.82) is 0 Å². The number of ether oxygens (including phenoxy) is 2. The molecule has 0 aliphatic carbocycles. The molecule has 0 radical (unpaired) electrons. The van der Waals surface area contributed by atoms with E-state index >= 15 is 0 Å². The fourth-order valence-corrected chi connectivity index (χ4v) is 5.94. The summed E-state index contributed by atoms with van der Waals surface area (Å²) in [6.07, 6.45) is 1.66. The number of unbranched alkanes of at least 4 members (excludes halogenated alkanes) is 1. The molecule has 0 fully saturated rings. The molecule has 3 aromatic rings. The number of carbonyl (C=O) groups excluding carboxylic acids is 2. The van der Waals surface area contributed by atoms with Gasteiger partial charge < -0.3 is 19.7 Å². The summed E-state index contributed by atoms with van der Waals surface area (Å²) in [5.74, 6) is -0.413. The molecule has 0 aliphatic heterocycles. The second-order valence-corrected chi connectivity index (χ2v) is 12.1. The molecule has 3 rings (SSSR count). The molecule has 9 nitrogen and oxygen atoms in total. The van der Waals surface area contributed by atoms with Gasteiger partial charge in [0.05, 0.1) is 34.8 Å². The van der Waals surface area contributed by atoms with Gasteiger partial charge in [-0.15, -0.1) is 0 Å². The SMILES string of the molecule is CCCCNC(=O)[C@H](C)N(Cc1ccc(Cl)c(Cl)c1)C(=O)CN(c1cc(OC)ccc1OC)S(=O)(=O)c1ccccc1. The van der Waals surface area contributed by atoms with Crippen LogP contribution in [0.4, 0.5) is 5.69 Å². The molecule has 3 aromatic carbocycles. The second kappa shape index (κ2) is 15.1. The van der Waals surface area contributed by atoms with Gasteiger partial charge in [0.2, 0.25) is 11.8 Å². The van der Waals surface area contributed by atoms with Crippen LogP contribution >= 0.6 is 23.2 Å². The molecule has 1 N–H and O–H groups in total. The molecule has 0 heterocycles. The lowest BCUT2D eigenvalue weighted by molar-refractivity contribution is -0.139. The maximum atomic E-state index is 14.1. The molecule has 226 valence electrons. The van der Waals surface area contributed by atoms with E-state index in [1.54, 1.807) is 55.5 Å². The molecule has 2 amide bonds. The van der Waals surface area contributed by atoms with Gasteiger partial charge in [-0.05, 0) is 55.3 Å². The van der Waals surface area contributed by atoms with Gasteiger partial charge in [0.1, 0.15) is 24.1 Å². The average molecular weight is 637 g/mol. The number of halogens is 2. The van der Waals surface area contributed by atoms with E-state index in [9.17, 15) is 18.0 Å². The summed E-state index contributed by atoms with van der Waals surface area (Å²) in [6, 6.07) is 16.4. The van der Waals surface area contributed by atoms with Gasteiger partial charge in [0.15, 0.2) is 0 Å². The predicted octanol–water partition coefficient (Wildman–Crippen LogP) is 5.54. The smallest absolute Gasteiger partial charge is 0.264 e. The number of hydrogen-bond donors (Lipinski definition) is 1. The van der Waals surface area contributed by atoms with Crippen molar-refractivity contribution in [2.75, 3.05) is 31.6 Å². The zero-order chi connectivity index (χ0) is 30.9. The fraction of sp³-hybridized carbons (Fsp3) is 0.333. The van der Waals surface area contributed by atoms with Crippen LogP contribution in [0.15, 0.2) is 71.6 Å². The molecule has 0 saturated carbocycles. The average Bonchev–Trinajstić information content (AvgIpc) is 2.99. The zero-order valence-electron chi connectivity index (χ0n) is 24.0. The van der Waals surface area contributed by atoms with Crippen molar-refractivity contribution < 1.29 is 27.5 Å². The molecular formula is C30H35Cl2N3O6S. The third-order valence-electron chi connectivity index (χ3n) is 6.60. The number of sulfonamides is 1.